The summed E-state index contributed by atoms with van der Waals surface area (Å²) < 4.78 is 0. The molecule has 126 valence electrons. The van der Waals surface area contributed by atoms with E-state index >= 15 is 0 Å². The maximum absolute atomic E-state index is 12.6. The number of imide groups is 1. The molecular formula is C17H16Cl2N2O3. The van der Waals surface area contributed by atoms with Crippen LogP contribution in [-0.4, -0.2) is 29.2 Å². The van der Waals surface area contributed by atoms with Crippen LogP contribution in [0.5, 0.6) is 0 Å². The summed E-state index contributed by atoms with van der Waals surface area (Å²) in [6.07, 6.45) is 3.02. The first-order valence-electron chi connectivity index (χ1n) is 8.06. The van der Waals surface area contributed by atoms with Gasteiger partial charge in [0.25, 0.3) is 0 Å². The van der Waals surface area contributed by atoms with E-state index in [0.29, 0.717) is 27.6 Å². The first kappa shape index (κ1) is 15.9. The summed E-state index contributed by atoms with van der Waals surface area (Å²) in [5, 5.41) is 3.41. The average Bonchev–Trinajstić information content (AvgIpc) is 3.20. The molecule has 1 heterocycles. The Bertz CT molecular complexity index is 723. The summed E-state index contributed by atoms with van der Waals surface area (Å²) in [7, 11) is 0. The van der Waals surface area contributed by atoms with E-state index in [1.54, 1.807) is 12.1 Å². The Hall–Kier alpha value is -1.59. The molecule has 1 saturated heterocycles. The quantitative estimate of drug-likeness (QED) is 0.836. The van der Waals surface area contributed by atoms with Crippen molar-refractivity contribution in [1.82, 2.24) is 4.90 Å². The second kappa shape index (κ2) is 5.74. The maximum Gasteiger partial charge on any atom is 0.244 e. The number of carbonyl (C=O) groups excluding carboxylic acids is 3. The standard InChI is InChI=1S/C17H16Cl2N2O3/c18-10-3-4-12(11(19)6-10)20-13(22)7-21-16(23)14-8-1-2-9(5-8)15(14)17(21)24/h3-4,6,8-9,14-15H,1-2,5,7H2,(H,20,22)/t8-,9-,14-,15-/m0/s1. The Morgan fingerprint density at radius 1 is 1.12 bits per heavy atom. The molecule has 0 radical (unpaired) electrons. The third-order valence-electron chi connectivity index (χ3n) is 5.53. The molecule has 2 bridgehead atoms. The normalized spacial score (nSPS) is 30.8. The van der Waals surface area contributed by atoms with Gasteiger partial charge in [0.1, 0.15) is 6.54 Å². The molecule has 5 nitrogen and oxygen atoms in total. The van der Waals surface area contributed by atoms with E-state index in [9.17, 15) is 14.4 Å². The topological polar surface area (TPSA) is 66.5 Å². The summed E-state index contributed by atoms with van der Waals surface area (Å²) in [4.78, 5) is 38.5. The Labute approximate surface area is 149 Å². The smallest absolute Gasteiger partial charge is 0.244 e. The van der Waals surface area contributed by atoms with Crippen LogP contribution in [-0.2, 0) is 14.4 Å². The van der Waals surface area contributed by atoms with Crippen LogP contribution in [0.3, 0.4) is 0 Å². The third kappa shape index (κ3) is 2.42. The predicted octanol–water partition coefficient (Wildman–Crippen LogP) is 2.96. The highest BCUT2D eigenvalue weighted by Crippen LogP contribution is 2.56. The first-order valence-corrected chi connectivity index (χ1v) is 8.81. The number of halogens is 2. The molecule has 0 spiro atoms. The molecule has 3 fully saturated rings. The largest absolute Gasteiger partial charge is 0.323 e. The van der Waals surface area contributed by atoms with E-state index in [-0.39, 0.29) is 30.2 Å². The molecule has 1 aromatic carbocycles. The number of benzene rings is 1. The highest BCUT2D eigenvalue weighted by Gasteiger charge is 2.60. The number of hydrogen-bond acceptors (Lipinski definition) is 3. The van der Waals surface area contributed by atoms with Crippen LogP contribution in [0.15, 0.2) is 18.2 Å². The molecule has 3 amide bonds. The average molecular weight is 367 g/mol. The van der Waals surface area contributed by atoms with Gasteiger partial charge in [0.2, 0.25) is 17.7 Å². The molecular weight excluding hydrogens is 351 g/mol. The number of fused-ring (bicyclic) bond motifs is 5. The van der Waals surface area contributed by atoms with Gasteiger partial charge in [-0.05, 0) is 49.3 Å². The zero-order valence-corrected chi connectivity index (χ0v) is 14.3. The summed E-state index contributed by atoms with van der Waals surface area (Å²) in [6, 6.07) is 4.72. The van der Waals surface area contributed by atoms with Crippen LogP contribution in [0.2, 0.25) is 10.0 Å². The van der Waals surface area contributed by atoms with E-state index in [2.05, 4.69) is 5.32 Å². The van der Waals surface area contributed by atoms with E-state index in [1.165, 1.54) is 6.07 Å². The number of hydrogen-bond donors (Lipinski definition) is 1. The van der Waals surface area contributed by atoms with Gasteiger partial charge >= 0.3 is 0 Å². The van der Waals surface area contributed by atoms with Gasteiger partial charge in [-0.2, -0.15) is 0 Å². The van der Waals surface area contributed by atoms with E-state index in [0.717, 1.165) is 24.2 Å². The fourth-order valence-corrected chi connectivity index (χ4v) is 5.01. The molecule has 2 aliphatic carbocycles. The van der Waals surface area contributed by atoms with Gasteiger partial charge in [-0.1, -0.05) is 23.2 Å². The fraction of sp³-hybridized carbons (Fsp3) is 0.471. The Balaban J connectivity index is 1.46. The lowest BCUT2D eigenvalue weighted by Gasteiger charge is -2.19. The molecule has 1 aromatic rings. The Morgan fingerprint density at radius 3 is 2.33 bits per heavy atom. The van der Waals surface area contributed by atoms with Crippen molar-refractivity contribution in [2.24, 2.45) is 23.7 Å². The van der Waals surface area contributed by atoms with Crippen LogP contribution in [0.25, 0.3) is 0 Å². The van der Waals surface area contributed by atoms with Crippen LogP contribution >= 0.6 is 23.2 Å². The second-order valence-electron chi connectivity index (χ2n) is 6.82. The van der Waals surface area contributed by atoms with E-state index in [1.807, 2.05) is 0 Å². The molecule has 4 rings (SSSR count). The number of nitrogens with one attached hydrogen (secondary N) is 1. The molecule has 3 aliphatic rings. The van der Waals surface area contributed by atoms with Gasteiger partial charge in [-0.15, -0.1) is 0 Å². The molecule has 0 aromatic heterocycles. The molecule has 1 N–H and O–H groups in total. The first-order chi connectivity index (χ1) is 11.5. The van der Waals surface area contributed by atoms with E-state index in [4.69, 9.17) is 23.2 Å². The van der Waals surface area contributed by atoms with E-state index < -0.39 is 5.91 Å². The fourth-order valence-electron chi connectivity index (χ4n) is 4.55. The minimum atomic E-state index is -0.437. The number of likely N-dealkylation sites (tertiary alicyclic amines) is 1. The zero-order chi connectivity index (χ0) is 17.0. The highest BCUT2D eigenvalue weighted by molar-refractivity contribution is 6.36. The van der Waals surface area contributed by atoms with Crippen LogP contribution in [0, 0.1) is 23.7 Å². The lowest BCUT2D eigenvalue weighted by atomic mass is 9.81. The van der Waals surface area contributed by atoms with Crippen LogP contribution in [0.1, 0.15) is 19.3 Å². The Morgan fingerprint density at radius 2 is 1.75 bits per heavy atom. The van der Waals surface area contributed by atoms with Crippen molar-refractivity contribution in [3.8, 4) is 0 Å². The molecule has 0 unspecified atom stereocenters. The number of anilines is 1. The van der Waals surface area contributed by atoms with Crippen LogP contribution < -0.4 is 5.32 Å². The van der Waals surface area contributed by atoms with Gasteiger partial charge in [0, 0.05) is 5.02 Å². The summed E-state index contributed by atoms with van der Waals surface area (Å²) in [6.45, 7) is -0.261. The van der Waals surface area contributed by atoms with Gasteiger partial charge in [0.05, 0.1) is 22.5 Å². The second-order valence-corrected chi connectivity index (χ2v) is 7.66. The van der Waals surface area contributed by atoms with Gasteiger partial charge in [-0.3, -0.25) is 19.3 Å². The molecule has 24 heavy (non-hydrogen) atoms. The van der Waals surface area contributed by atoms with Crippen molar-refractivity contribution >= 4 is 46.6 Å². The van der Waals surface area contributed by atoms with Crippen molar-refractivity contribution in [1.29, 1.82) is 0 Å². The molecule has 7 heteroatoms. The zero-order valence-electron chi connectivity index (χ0n) is 12.8. The summed E-state index contributed by atoms with van der Waals surface area (Å²) in [5.74, 6) is -0.589. The van der Waals surface area contributed by atoms with Crippen LogP contribution in [0.4, 0.5) is 5.69 Å². The number of nitrogens with zero attached hydrogens (tertiary/aromatic N) is 1. The van der Waals surface area contributed by atoms with Gasteiger partial charge in [-0.25, -0.2) is 0 Å². The minimum Gasteiger partial charge on any atom is -0.323 e. The van der Waals surface area contributed by atoms with Crippen molar-refractivity contribution < 1.29 is 14.4 Å². The summed E-state index contributed by atoms with van der Waals surface area (Å²) >= 11 is 11.8. The lowest BCUT2D eigenvalue weighted by Crippen LogP contribution is -2.39. The Kier molecular flexibility index (Phi) is 3.81. The highest BCUT2D eigenvalue weighted by atomic mass is 35.5. The summed E-state index contributed by atoms with van der Waals surface area (Å²) in [5.41, 5.74) is 0.408. The SMILES string of the molecule is O=C(CN1C(=O)[C@H]2[C@H]3CC[C@@H](C3)[C@@H]2C1=O)Nc1ccc(Cl)cc1Cl. The molecule has 2 saturated carbocycles. The monoisotopic (exact) mass is 366 g/mol. The van der Waals surface area contributed by atoms with Gasteiger partial charge < -0.3 is 5.32 Å². The molecule has 4 atom stereocenters. The lowest BCUT2D eigenvalue weighted by molar-refractivity contribution is -0.143. The van der Waals surface area contributed by atoms with Crippen molar-refractivity contribution in [2.75, 3.05) is 11.9 Å². The third-order valence-corrected chi connectivity index (χ3v) is 6.07. The predicted molar refractivity (Wildman–Crippen MR) is 89.6 cm³/mol. The minimum absolute atomic E-state index is 0.186. The number of carbonyl (C=O) groups is 3. The number of rotatable bonds is 3. The van der Waals surface area contributed by atoms with Gasteiger partial charge in [0.15, 0.2) is 0 Å². The van der Waals surface area contributed by atoms with Crippen molar-refractivity contribution in [2.45, 2.75) is 19.3 Å². The number of amides is 3. The van der Waals surface area contributed by atoms with Crippen molar-refractivity contribution in [3.63, 3.8) is 0 Å². The van der Waals surface area contributed by atoms with Crippen molar-refractivity contribution in [3.05, 3.63) is 28.2 Å². The maximum atomic E-state index is 12.6. The molecule has 1 aliphatic heterocycles.